The molecule has 0 radical (unpaired) electrons. The maximum atomic E-state index is 13.1. The van der Waals surface area contributed by atoms with Gasteiger partial charge in [-0.2, -0.15) is 13.2 Å². The third kappa shape index (κ3) is 4.92. The van der Waals surface area contributed by atoms with Crippen molar-refractivity contribution in [1.82, 2.24) is 25.6 Å². The van der Waals surface area contributed by atoms with E-state index in [9.17, 15) is 27.9 Å². The molecule has 2 atom stereocenters. The molecule has 33 heavy (non-hydrogen) atoms. The number of nitrogens with zero attached hydrogens (tertiary/aromatic N) is 3. The summed E-state index contributed by atoms with van der Waals surface area (Å²) in [6.45, 7) is 4.82. The fourth-order valence-electron chi connectivity index (χ4n) is 4.31. The van der Waals surface area contributed by atoms with Crippen LogP contribution in [0.1, 0.15) is 44.4 Å². The van der Waals surface area contributed by atoms with Crippen molar-refractivity contribution < 1.29 is 27.9 Å². The number of carbonyl (C=O) groups is 2. The standard InChI is InChI=1S/C22H28F3N5O3/c1-12(2)11-29-19-14(5-3-13-4-8-16(26-9-13)22(23,24)25)10-27-30(19)21(33)17(20(29)32)18(31)28-15-6-7-15/h4,8-9,12,14-15,19,27,32H,3,5-7,10-11H2,1-2H3,(H,28,31). The summed E-state index contributed by atoms with van der Waals surface area (Å²) in [4.78, 5) is 30.9. The van der Waals surface area contributed by atoms with Crippen LogP contribution in [0.15, 0.2) is 29.8 Å². The number of halogens is 3. The predicted molar refractivity (Wildman–Crippen MR) is 112 cm³/mol. The van der Waals surface area contributed by atoms with Crippen LogP contribution in [-0.2, 0) is 22.2 Å². The lowest BCUT2D eigenvalue weighted by atomic mass is 9.95. The van der Waals surface area contributed by atoms with Crippen molar-refractivity contribution in [3.63, 3.8) is 0 Å². The Bertz CT molecular complexity index is 944. The lowest BCUT2D eigenvalue weighted by Gasteiger charge is -2.42. The molecular weight excluding hydrogens is 439 g/mol. The molecule has 0 bridgehead atoms. The molecule has 2 unspecified atom stereocenters. The van der Waals surface area contributed by atoms with Crippen molar-refractivity contribution in [3.05, 3.63) is 41.0 Å². The van der Waals surface area contributed by atoms with Gasteiger partial charge in [-0.05, 0) is 43.2 Å². The fraction of sp³-hybridized carbons (Fsp3) is 0.591. The van der Waals surface area contributed by atoms with Crippen LogP contribution in [0.4, 0.5) is 13.2 Å². The number of carbonyl (C=O) groups excluding carboxylic acids is 2. The number of alkyl halides is 3. The van der Waals surface area contributed by atoms with E-state index in [-0.39, 0.29) is 29.3 Å². The Hall–Kier alpha value is -2.82. The Morgan fingerprint density at radius 2 is 2.06 bits per heavy atom. The summed E-state index contributed by atoms with van der Waals surface area (Å²) in [6, 6.07) is 2.41. The molecule has 1 aromatic heterocycles. The van der Waals surface area contributed by atoms with Crippen LogP contribution in [0.2, 0.25) is 0 Å². The quantitative estimate of drug-likeness (QED) is 0.533. The van der Waals surface area contributed by atoms with Crippen molar-refractivity contribution in [1.29, 1.82) is 0 Å². The van der Waals surface area contributed by atoms with E-state index in [1.54, 1.807) is 4.90 Å². The van der Waals surface area contributed by atoms with Crippen LogP contribution >= 0.6 is 0 Å². The molecule has 180 valence electrons. The van der Waals surface area contributed by atoms with E-state index < -0.39 is 29.9 Å². The van der Waals surface area contributed by atoms with E-state index in [2.05, 4.69) is 15.7 Å². The summed E-state index contributed by atoms with van der Waals surface area (Å²) in [5, 5.41) is 15.1. The van der Waals surface area contributed by atoms with E-state index in [0.717, 1.165) is 18.9 Å². The number of pyridine rings is 1. The van der Waals surface area contributed by atoms with Crippen molar-refractivity contribution in [3.8, 4) is 0 Å². The SMILES string of the molecule is CC(C)CN1C(O)=C(C(=O)NC2CC2)C(=O)N2NCC(CCc3ccc(C(F)(F)F)nc3)C12. The second kappa shape index (κ2) is 8.85. The maximum absolute atomic E-state index is 13.1. The highest BCUT2D eigenvalue weighted by Crippen LogP contribution is 2.34. The van der Waals surface area contributed by atoms with Gasteiger partial charge in [-0.3, -0.25) is 19.6 Å². The first-order valence-corrected chi connectivity index (χ1v) is 11.2. The summed E-state index contributed by atoms with van der Waals surface area (Å²) in [5.74, 6) is -1.43. The highest BCUT2D eigenvalue weighted by molar-refractivity contribution is 6.19. The lowest BCUT2D eigenvalue weighted by molar-refractivity contribution is -0.143. The number of fused-ring (bicyclic) bond motifs is 1. The second-order valence-corrected chi connectivity index (χ2v) is 9.29. The van der Waals surface area contributed by atoms with E-state index >= 15 is 0 Å². The topological polar surface area (TPSA) is 97.8 Å². The molecule has 3 N–H and O–H groups in total. The summed E-state index contributed by atoms with van der Waals surface area (Å²) in [5.41, 5.74) is 2.51. The molecule has 2 amide bonds. The third-order valence-corrected chi connectivity index (χ3v) is 6.08. The van der Waals surface area contributed by atoms with E-state index in [0.29, 0.717) is 31.5 Å². The van der Waals surface area contributed by atoms with Gasteiger partial charge in [-0.15, -0.1) is 0 Å². The average Bonchev–Trinajstić information content (AvgIpc) is 3.44. The summed E-state index contributed by atoms with van der Waals surface area (Å²) in [6.07, 6.45) is -1.03. The zero-order chi connectivity index (χ0) is 23.9. The van der Waals surface area contributed by atoms with E-state index in [1.165, 1.54) is 17.3 Å². The number of hydrazine groups is 1. The molecule has 1 saturated heterocycles. The number of rotatable bonds is 7. The van der Waals surface area contributed by atoms with Crippen molar-refractivity contribution in [2.75, 3.05) is 13.1 Å². The minimum atomic E-state index is -4.48. The molecule has 1 aromatic rings. The molecule has 0 spiro atoms. The molecule has 1 saturated carbocycles. The number of aromatic nitrogens is 1. The number of hydrogen-bond donors (Lipinski definition) is 3. The summed E-state index contributed by atoms with van der Waals surface area (Å²) in [7, 11) is 0. The Morgan fingerprint density at radius 1 is 1.33 bits per heavy atom. The minimum Gasteiger partial charge on any atom is -0.494 e. The summed E-state index contributed by atoms with van der Waals surface area (Å²) >= 11 is 0. The molecule has 11 heteroatoms. The minimum absolute atomic E-state index is 0.0403. The molecule has 2 fully saturated rings. The van der Waals surface area contributed by atoms with Gasteiger partial charge in [0.05, 0.1) is 0 Å². The highest BCUT2D eigenvalue weighted by atomic mass is 19.4. The number of aliphatic hydroxyl groups is 1. The smallest absolute Gasteiger partial charge is 0.433 e. The van der Waals surface area contributed by atoms with Gasteiger partial charge >= 0.3 is 6.18 Å². The van der Waals surface area contributed by atoms with Crippen LogP contribution in [0.25, 0.3) is 0 Å². The van der Waals surface area contributed by atoms with Gasteiger partial charge in [-0.25, -0.2) is 5.43 Å². The van der Waals surface area contributed by atoms with Gasteiger partial charge in [0.25, 0.3) is 11.8 Å². The monoisotopic (exact) mass is 467 g/mol. The Kier molecular flexibility index (Phi) is 6.26. The van der Waals surface area contributed by atoms with E-state index in [4.69, 9.17) is 0 Å². The van der Waals surface area contributed by atoms with Gasteiger partial charge in [-0.1, -0.05) is 19.9 Å². The number of aryl methyl sites for hydroxylation is 1. The first-order chi connectivity index (χ1) is 15.6. The molecule has 2 aliphatic heterocycles. The number of aliphatic hydroxyl groups excluding tert-OH is 1. The molecule has 3 aliphatic rings. The number of nitrogens with one attached hydrogen (secondary N) is 2. The first kappa shape index (κ1) is 23.3. The summed E-state index contributed by atoms with van der Waals surface area (Å²) < 4.78 is 38.2. The van der Waals surface area contributed by atoms with Gasteiger partial charge in [0.1, 0.15) is 11.9 Å². The first-order valence-electron chi connectivity index (χ1n) is 11.2. The molecule has 8 nitrogen and oxygen atoms in total. The Labute approximate surface area is 189 Å². The lowest BCUT2D eigenvalue weighted by Crippen LogP contribution is -2.59. The zero-order valence-corrected chi connectivity index (χ0v) is 18.5. The van der Waals surface area contributed by atoms with Crippen LogP contribution in [0.5, 0.6) is 0 Å². The van der Waals surface area contributed by atoms with Crippen LogP contribution in [-0.4, -0.2) is 57.1 Å². The fourth-order valence-corrected chi connectivity index (χ4v) is 4.31. The molecular formula is C22H28F3N5O3. The van der Waals surface area contributed by atoms with E-state index in [1.807, 2.05) is 13.8 Å². The Morgan fingerprint density at radius 3 is 2.64 bits per heavy atom. The van der Waals surface area contributed by atoms with Gasteiger partial charge in [0.15, 0.2) is 5.57 Å². The zero-order valence-electron chi connectivity index (χ0n) is 18.5. The normalized spacial score (nSPS) is 23.4. The van der Waals surface area contributed by atoms with Gasteiger partial charge < -0.3 is 15.3 Å². The molecule has 1 aliphatic carbocycles. The largest absolute Gasteiger partial charge is 0.494 e. The number of hydrogen-bond acceptors (Lipinski definition) is 6. The van der Waals surface area contributed by atoms with Crippen molar-refractivity contribution in [2.24, 2.45) is 11.8 Å². The highest BCUT2D eigenvalue weighted by Gasteiger charge is 2.49. The van der Waals surface area contributed by atoms with Gasteiger partial charge in [0.2, 0.25) is 5.88 Å². The number of amides is 2. The molecule has 0 aromatic carbocycles. The molecule has 4 rings (SSSR count). The second-order valence-electron chi connectivity index (χ2n) is 9.29. The third-order valence-electron chi connectivity index (χ3n) is 6.08. The van der Waals surface area contributed by atoms with Crippen molar-refractivity contribution >= 4 is 11.8 Å². The Balaban J connectivity index is 1.52. The van der Waals surface area contributed by atoms with Crippen LogP contribution in [0, 0.1) is 11.8 Å². The average molecular weight is 467 g/mol. The molecule has 3 heterocycles. The predicted octanol–water partition coefficient (Wildman–Crippen LogP) is 2.34. The van der Waals surface area contributed by atoms with Gasteiger partial charge in [0, 0.05) is 31.2 Å². The van der Waals surface area contributed by atoms with Crippen molar-refractivity contribution in [2.45, 2.75) is 57.9 Å². The van der Waals surface area contributed by atoms with Crippen LogP contribution in [0.3, 0.4) is 0 Å². The van der Waals surface area contributed by atoms with Crippen LogP contribution < -0.4 is 10.7 Å². The maximum Gasteiger partial charge on any atom is 0.433 e.